The fourth-order valence-corrected chi connectivity index (χ4v) is 3.84. The predicted molar refractivity (Wildman–Crippen MR) is 92.3 cm³/mol. The Balaban J connectivity index is 2.02. The van der Waals surface area contributed by atoms with Gasteiger partial charge in [-0.1, -0.05) is 30.8 Å². The molecule has 1 aromatic carbocycles. The Morgan fingerprint density at radius 2 is 2.10 bits per heavy atom. The van der Waals surface area contributed by atoms with E-state index in [-0.39, 0.29) is 17.1 Å². The standard InChI is InChI=1S/C17H22O2S2/c1-10-6-7-11-13(8-10)19-16(2,3)14(18-15(20)21-5)12-9-17(11,12)4/h6-8,12,14H,9H2,1-5H3. The summed E-state index contributed by atoms with van der Waals surface area (Å²) in [6, 6.07) is 6.53. The minimum Gasteiger partial charge on any atom is -0.484 e. The molecule has 2 nitrogen and oxygen atoms in total. The summed E-state index contributed by atoms with van der Waals surface area (Å²) in [6.45, 7) is 8.63. The van der Waals surface area contributed by atoms with Crippen molar-refractivity contribution in [1.82, 2.24) is 0 Å². The van der Waals surface area contributed by atoms with Crippen LogP contribution < -0.4 is 4.74 Å². The molecule has 1 saturated carbocycles. The van der Waals surface area contributed by atoms with Crippen LogP contribution in [0.3, 0.4) is 0 Å². The van der Waals surface area contributed by atoms with E-state index >= 15 is 0 Å². The molecule has 3 rings (SSSR count). The second-order valence-electron chi connectivity index (χ2n) is 6.93. The lowest BCUT2D eigenvalue weighted by Crippen LogP contribution is -2.45. The van der Waals surface area contributed by atoms with Crippen molar-refractivity contribution in [2.45, 2.75) is 51.2 Å². The van der Waals surface area contributed by atoms with Gasteiger partial charge in [0.2, 0.25) is 4.38 Å². The Bertz CT molecular complexity index is 596. The van der Waals surface area contributed by atoms with Crippen molar-refractivity contribution < 1.29 is 9.47 Å². The highest BCUT2D eigenvalue weighted by molar-refractivity contribution is 8.22. The largest absolute Gasteiger partial charge is 0.484 e. The number of hydrogen-bond acceptors (Lipinski definition) is 4. The van der Waals surface area contributed by atoms with Crippen LogP contribution in [0.1, 0.15) is 38.3 Å². The van der Waals surface area contributed by atoms with Crippen LogP contribution in [0, 0.1) is 12.8 Å². The van der Waals surface area contributed by atoms with Gasteiger partial charge < -0.3 is 9.47 Å². The van der Waals surface area contributed by atoms with E-state index in [9.17, 15) is 0 Å². The highest BCUT2D eigenvalue weighted by Crippen LogP contribution is 2.62. The van der Waals surface area contributed by atoms with E-state index in [2.05, 4.69) is 45.9 Å². The minimum atomic E-state index is -0.388. The van der Waals surface area contributed by atoms with Gasteiger partial charge in [-0.2, -0.15) is 0 Å². The number of hydrogen-bond donors (Lipinski definition) is 0. The first-order chi connectivity index (χ1) is 9.78. The molecule has 21 heavy (non-hydrogen) atoms. The normalized spacial score (nSPS) is 32.2. The van der Waals surface area contributed by atoms with Crippen LogP contribution in [-0.4, -0.2) is 22.3 Å². The summed E-state index contributed by atoms with van der Waals surface area (Å²) in [5.74, 6) is 1.47. The highest BCUT2D eigenvalue weighted by atomic mass is 32.2. The Morgan fingerprint density at radius 1 is 1.38 bits per heavy atom. The Hall–Kier alpha value is -0.740. The van der Waals surface area contributed by atoms with Crippen LogP contribution in [0.25, 0.3) is 0 Å². The predicted octanol–water partition coefficient (Wildman–Crippen LogP) is 4.48. The molecular formula is C17H22O2S2. The molecule has 114 valence electrons. The van der Waals surface area contributed by atoms with E-state index in [1.165, 1.54) is 22.9 Å². The zero-order valence-electron chi connectivity index (χ0n) is 13.2. The van der Waals surface area contributed by atoms with Gasteiger partial charge in [-0.15, -0.1) is 0 Å². The second kappa shape index (κ2) is 4.88. The lowest BCUT2D eigenvalue weighted by atomic mass is 9.90. The van der Waals surface area contributed by atoms with Gasteiger partial charge in [0.1, 0.15) is 17.5 Å². The maximum atomic E-state index is 6.36. The van der Waals surface area contributed by atoms with Gasteiger partial charge >= 0.3 is 0 Å². The van der Waals surface area contributed by atoms with E-state index in [4.69, 9.17) is 21.7 Å². The molecule has 0 radical (unpaired) electrons. The summed E-state index contributed by atoms with van der Waals surface area (Å²) >= 11 is 6.77. The smallest absolute Gasteiger partial charge is 0.220 e. The third kappa shape index (κ3) is 2.46. The van der Waals surface area contributed by atoms with Crippen molar-refractivity contribution in [3.63, 3.8) is 0 Å². The number of fused-ring (bicyclic) bond motifs is 3. The van der Waals surface area contributed by atoms with Crippen molar-refractivity contribution in [1.29, 1.82) is 0 Å². The maximum absolute atomic E-state index is 6.36. The zero-order valence-corrected chi connectivity index (χ0v) is 14.9. The van der Waals surface area contributed by atoms with Crippen LogP contribution in [0.4, 0.5) is 0 Å². The molecule has 0 saturated heterocycles. The van der Waals surface area contributed by atoms with Gasteiger partial charge in [0.05, 0.1) is 0 Å². The van der Waals surface area contributed by atoms with Crippen molar-refractivity contribution in [3.8, 4) is 5.75 Å². The van der Waals surface area contributed by atoms with E-state index < -0.39 is 0 Å². The van der Waals surface area contributed by atoms with Crippen LogP contribution in [0.2, 0.25) is 0 Å². The van der Waals surface area contributed by atoms with Gasteiger partial charge in [0, 0.05) is 16.9 Å². The molecule has 3 unspecified atom stereocenters. The van der Waals surface area contributed by atoms with Crippen LogP contribution in [0.5, 0.6) is 5.75 Å². The molecule has 0 bridgehead atoms. The van der Waals surface area contributed by atoms with Crippen molar-refractivity contribution in [2.24, 2.45) is 5.92 Å². The van der Waals surface area contributed by atoms with E-state index in [0.717, 1.165) is 12.2 Å². The van der Waals surface area contributed by atoms with Crippen molar-refractivity contribution >= 4 is 28.4 Å². The molecule has 3 atom stereocenters. The summed E-state index contributed by atoms with van der Waals surface area (Å²) in [6.07, 6.45) is 3.09. The molecule has 0 amide bonds. The lowest BCUT2D eigenvalue weighted by Gasteiger charge is -2.34. The average molecular weight is 322 g/mol. The molecule has 1 aliphatic carbocycles. The minimum absolute atomic E-state index is 0.00449. The SMILES string of the molecule is CSC(=S)OC1C2CC2(C)c2ccc(C)cc2OC1(C)C. The first-order valence-corrected chi connectivity index (χ1v) is 8.96. The topological polar surface area (TPSA) is 18.5 Å². The molecule has 0 spiro atoms. The van der Waals surface area contributed by atoms with E-state index in [0.29, 0.717) is 10.3 Å². The number of thioether (sulfide) groups is 1. The maximum Gasteiger partial charge on any atom is 0.220 e. The summed E-state index contributed by atoms with van der Waals surface area (Å²) in [5.41, 5.74) is 2.30. The van der Waals surface area contributed by atoms with Gasteiger partial charge in [-0.3, -0.25) is 0 Å². The quantitative estimate of drug-likeness (QED) is 0.710. The van der Waals surface area contributed by atoms with Crippen LogP contribution >= 0.6 is 24.0 Å². The van der Waals surface area contributed by atoms with Crippen molar-refractivity contribution in [2.75, 3.05) is 6.26 Å². The lowest BCUT2D eigenvalue weighted by molar-refractivity contribution is -0.0257. The molecular weight excluding hydrogens is 300 g/mol. The Kier molecular flexibility index (Phi) is 3.53. The summed E-state index contributed by atoms with van der Waals surface area (Å²) in [4.78, 5) is 0. The van der Waals surface area contributed by atoms with Gasteiger partial charge in [0.25, 0.3) is 0 Å². The Morgan fingerprint density at radius 3 is 2.76 bits per heavy atom. The molecule has 1 fully saturated rings. The van der Waals surface area contributed by atoms with Crippen LogP contribution in [-0.2, 0) is 10.2 Å². The first kappa shape index (κ1) is 15.2. The molecule has 4 heteroatoms. The number of aryl methyl sites for hydroxylation is 1. The molecule has 1 heterocycles. The van der Waals surface area contributed by atoms with Crippen LogP contribution in [0.15, 0.2) is 18.2 Å². The third-order valence-corrected chi connectivity index (χ3v) is 5.89. The fraction of sp³-hybridized carbons (Fsp3) is 0.588. The number of ether oxygens (including phenoxy) is 2. The van der Waals surface area contributed by atoms with E-state index in [1.807, 2.05) is 6.26 Å². The molecule has 1 aromatic rings. The molecule has 0 aromatic heterocycles. The van der Waals surface area contributed by atoms with Gasteiger partial charge in [-0.05, 0) is 57.3 Å². The highest BCUT2D eigenvalue weighted by Gasteiger charge is 2.63. The molecule has 1 aliphatic heterocycles. The van der Waals surface area contributed by atoms with E-state index in [1.54, 1.807) is 0 Å². The molecule has 0 N–H and O–H groups in total. The Labute approximate surface area is 136 Å². The summed E-state index contributed by atoms with van der Waals surface area (Å²) in [5, 5.41) is 0. The van der Waals surface area contributed by atoms with Crippen molar-refractivity contribution in [3.05, 3.63) is 29.3 Å². The monoisotopic (exact) mass is 322 g/mol. The van der Waals surface area contributed by atoms with Gasteiger partial charge in [-0.25, -0.2) is 0 Å². The first-order valence-electron chi connectivity index (χ1n) is 7.33. The zero-order chi connectivity index (χ0) is 15.4. The number of thiocarbonyl (C=S) groups is 1. The number of rotatable bonds is 1. The molecule has 2 aliphatic rings. The third-order valence-electron chi connectivity index (χ3n) is 4.87. The fourth-order valence-electron chi connectivity index (χ4n) is 3.54. The average Bonchev–Trinajstić information content (AvgIpc) is 3.07. The van der Waals surface area contributed by atoms with Gasteiger partial charge in [0.15, 0.2) is 0 Å². The summed E-state index contributed by atoms with van der Waals surface area (Å²) < 4.78 is 13.0. The number of benzene rings is 1. The summed E-state index contributed by atoms with van der Waals surface area (Å²) in [7, 11) is 0. The second-order valence-corrected chi connectivity index (χ2v) is 8.33.